The summed E-state index contributed by atoms with van der Waals surface area (Å²) in [5.41, 5.74) is 5.32. The van der Waals surface area contributed by atoms with E-state index in [-0.39, 0.29) is 11.5 Å². The lowest BCUT2D eigenvalue weighted by Gasteiger charge is -2.49. The molecule has 0 aliphatic heterocycles. The molecule has 5 rings (SSSR count). The van der Waals surface area contributed by atoms with Gasteiger partial charge in [0.2, 0.25) is 0 Å². The van der Waals surface area contributed by atoms with Crippen LogP contribution in [-0.4, -0.2) is 25.4 Å². The van der Waals surface area contributed by atoms with Gasteiger partial charge in [-0.25, -0.2) is 0 Å². The number of rotatable bonds is 3. The van der Waals surface area contributed by atoms with E-state index in [1.807, 2.05) is 12.1 Å². The first-order chi connectivity index (χ1) is 14.5. The third-order valence-corrected chi connectivity index (χ3v) is 8.27. The molecule has 3 nitrogen and oxygen atoms in total. The topological polar surface area (TPSA) is 38.7 Å². The molecule has 2 saturated carbocycles. The summed E-state index contributed by atoms with van der Waals surface area (Å²) >= 11 is 0. The summed E-state index contributed by atoms with van der Waals surface area (Å²) in [6, 6.07) is 14.8. The van der Waals surface area contributed by atoms with Crippen molar-refractivity contribution >= 4 is 6.08 Å². The van der Waals surface area contributed by atoms with Crippen LogP contribution in [0.2, 0.25) is 0 Å². The molecule has 2 fully saturated rings. The van der Waals surface area contributed by atoms with E-state index in [0.29, 0.717) is 17.8 Å². The quantitative estimate of drug-likeness (QED) is 0.722. The van der Waals surface area contributed by atoms with Gasteiger partial charge in [0.25, 0.3) is 0 Å². The first kappa shape index (κ1) is 19.7. The molecule has 0 amide bonds. The molecule has 2 aromatic rings. The highest BCUT2D eigenvalue weighted by Crippen LogP contribution is 2.62. The summed E-state index contributed by atoms with van der Waals surface area (Å²) in [6.45, 7) is 2.33. The monoisotopic (exact) mass is 404 g/mol. The molecule has 1 N–H and O–H groups in total. The number of aliphatic hydroxyl groups excluding tert-OH is 1. The van der Waals surface area contributed by atoms with Crippen LogP contribution in [0.15, 0.2) is 48.0 Å². The van der Waals surface area contributed by atoms with Crippen molar-refractivity contribution in [3.05, 3.63) is 64.7 Å². The van der Waals surface area contributed by atoms with Crippen LogP contribution in [0.25, 0.3) is 6.08 Å². The van der Waals surface area contributed by atoms with E-state index < -0.39 is 0 Å². The number of hydrogen-bond donors (Lipinski definition) is 1. The highest BCUT2D eigenvalue weighted by molar-refractivity contribution is 5.56. The minimum atomic E-state index is -0.345. The van der Waals surface area contributed by atoms with Crippen LogP contribution in [0.1, 0.15) is 55.2 Å². The molecule has 0 aromatic heterocycles. The Morgan fingerprint density at radius 2 is 1.73 bits per heavy atom. The number of fused-ring (bicyclic) bond motifs is 5. The highest BCUT2D eigenvalue weighted by Gasteiger charge is 2.56. The van der Waals surface area contributed by atoms with Gasteiger partial charge in [0, 0.05) is 5.41 Å². The predicted octanol–water partition coefficient (Wildman–Crippen LogP) is 5.61. The fraction of sp³-hybridized carbons (Fsp3) is 0.481. The summed E-state index contributed by atoms with van der Waals surface area (Å²) < 4.78 is 10.7. The van der Waals surface area contributed by atoms with Crippen molar-refractivity contribution in [1.82, 2.24) is 0 Å². The Balaban J connectivity index is 1.44. The fourth-order valence-corrected chi connectivity index (χ4v) is 6.60. The molecule has 3 heteroatoms. The van der Waals surface area contributed by atoms with Crippen molar-refractivity contribution in [2.24, 2.45) is 17.3 Å². The minimum absolute atomic E-state index is 0.0105. The van der Waals surface area contributed by atoms with E-state index in [2.05, 4.69) is 43.3 Å². The lowest BCUT2D eigenvalue weighted by Crippen LogP contribution is -2.44. The average Bonchev–Trinajstić information content (AvgIpc) is 3.04. The molecule has 0 unspecified atom stereocenters. The third kappa shape index (κ3) is 3.06. The van der Waals surface area contributed by atoms with Crippen molar-refractivity contribution < 1.29 is 14.6 Å². The normalized spacial score (nSPS) is 33.5. The molecule has 30 heavy (non-hydrogen) atoms. The Bertz CT molecular complexity index is 961. The minimum Gasteiger partial charge on any atom is -0.497 e. The molecule has 0 heterocycles. The number of hydrogen-bond acceptors (Lipinski definition) is 3. The summed E-state index contributed by atoms with van der Waals surface area (Å²) in [6.07, 6.45) is 7.47. The van der Waals surface area contributed by atoms with Gasteiger partial charge in [0.1, 0.15) is 11.5 Å². The Morgan fingerprint density at radius 3 is 2.47 bits per heavy atom. The number of methoxy groups -OCH3 is 2. The largest absolute Gasteiger partial charge is 0.497 e. The molecule has 158 valence electrons. The van der Waals surface area contributed by atoms with E-state index in [1.165, 1.54) is 29.5 Å². The van der Waals surface area contributed by atoms with E-state index in [9.17, 15) is 5.11 Å². The van der Waals surface area contributed by atoms with Gasteiger partial charge < -0.3 is 14.6 Å². The second-order valence-corrected chi connectivity index (χ2v) is 9.62. The zero-order valence-electron chi connectivity index (χ0n) is 18.2. The van der Waals surface area contributed by atoms with E-state index in [4.69, 9.17) is 9.47 Å². The van der Waals surface area contributed by atoms with Crippen LogP contribution in [0.4, 0.5) is 0 Å². The van der Waals surface area contributed by atoms with Gasteiger partial charge >= 0.3 is 0 Å². The molecule has 3 aliphatic carbocycles. The van der Waals surface area contributed by atoms with Gasteiger partial charge in [-0.1, -0.05) is 31.2 Å². The maximum Gasteiger partial charge on any atom is 0.119 e. The molecular weight excluding hydrogens is 372 g/mol. The second-order valence-electron chi connectivity index (χ2n) is 9.62. The maximum absolute atomic E-state index is 11.3. The van der Waals surface area contributed by atoms with Crippen LogP contribution in [-0.2, 0) is 6.42 Å². The molecule has 0 radical (unpaired) electrons. The number of aryl methyl sites for hydroxylation is 1. The van der Waals surface area contributed by atoms with Gasteiger partial charge in [-0.15, -0.1) is 0 Å². The molecule has 3 aliphatic rings. The Labute approximate surface area is 179 Å². The SMILES string of the molecule is COc1ccc(/C=C2\C[C@@H]3[C@@H]4CCc5cc(OC)ccc5[C@@H]4CC[C@@]3(C)[C@@H]2O)cc1. The van der Waals surface area contributed by atoms with Crippen LogP contribution in [0, 0.1) is 17.3 Å². The zero-order chi connectivity index (χ0) is 20.9. The standard InChI is InChI=1S/C27H32O3/c1-27-13-12-23-22-11-9-21(30-3)15-18(22)6-10-24(23)25(27)16-19(26(27)28)14-17-4-7-20(29-2)8-5-17/h4-5,7-9,11,14-15,23-26,28H,6,10,12-13,16H2,1-3H3/b19-14+/t23-,24+,25+,26+,27+/m0/s1. The molecule has 5 atom stereocenters. The maximum atomic E-state index is 11.3. The zero-order valence-corrected chi connectivity index (χ0v) is 18.2. The van der Waals surface area contributed by atoms with Crippen LogP contribution in [0.5, 0.6) is 11.5 Å². The molecular formula is C27H32O3. The van der Waals surface area contributed by atoms with Crippen molar-refractivity contribution in [3.8, 4) is 11.5 Å². The predicted molar refractivity (Wildman–Crippen MR) is 120 cm³/mol. The first-order valence-electron chi connectivity index (χ1n) is 11.2. The number of ether oxygens (including phenoxy) is 2. The van der Waals surface area contributed by atoms with Crippen molar-refractivity contribution in [1.29, 1.82) is 0 Å². The Morgan fingerprint density at radius 1 is 1.00 bits per heavy atom. The summed E-state index contributed by atoms with van der Waals surface area (Å²) in [5, 5.41) is 11.3. The molecule has 0 saturated heterocycles. The highest BCUT2D eigenvalue weighted by atomic mass is 16.5. The van der Waals surface area contributed by atoms with Crippen molar-refractivity contribution in [2.75, 3.05) is 14.2 Å². The van der Waals surface area contributed by atoms with E-state index >= 15 is 0 Å². The van der Waals surface area contributed by atoms with Crippen molar-refractivity contribution in [2.45, 2.75) is 51.0 Å². The second kappa shape index (κ2) is 7.46. The summed E-state index contributed by atoms with van der Waals surface area (Å²) in [5.74, 6) is 3.65. The Hall–Kier alpha value is -2.26. The van der Waals surface area contributed by atoms with Crippen molar-refractivity contribution in [3.63, 3.8) is 0 Å². The third-order valence-electron chi connectivity index (χ3n) is 8.27. The molecule has 0 bridgehead atoms. The number of aliphatic hydroxyl groups is 1. The van der Waals surface area contributed by atoms with Crippen LogP contribution in [0.3, 0.4) is 0 Å². The van der Waals surface area contributed by atoms with Gasteiger partial charge in [0.15, 0.2) is 0 Å². The lowest BCUT2D eigenvalue weighted by molar-refractivity contribution is -0.0158. The summed E-state index contributed by atoms with van der Waals surface area (Å²) in [7, 11) is 3.44. The first-order valence-corrected chi connectivity index (χ1v) is 11.2. The smallest absolute Gasteiger partial charge is 0.119 e. The van der Waals surface area contributed by atoms with Crippen LogP contribution < -0.4 is 9.47 Å². The number of benzene rings is 2. The summed E-state index contributed by atoms with van der Waals surface area (Å²) in [4.78, 5) is 0. The van der Waals surface area contributed by atoms with Crippen LogP contribution >= 0.6 is 0 Å². The van der Waals surface area contributed by atoms with E-state index in [0.717, 1.165) is 36.3 Å². The van der Waals surface area contributed by atoms with Gasteiger partial charge in [0.05, 0.1) is 20.3 Å². The van der Waals surface area contributed by atoms with Gasteiger partial charge in [-0.05, 0) is 96.4 Å². The lowest BCUT2D eigenvalue weighted by atomic mass is 9.55. The molecule has 2 aromatic carbocycles. The fourth-order valence-electron chi connectivity index (χ4n) is 6.60. The average molecular weight is 405 g/mol. The van der Waals surface area contributed by atoms with Gasteiger partial charge in [-0.2, -0.15) is 0 Å². The van der Waals surface area contributed by atoms with E-state index in [1.54, 1.807) is 14.2 Å². The van der Waals surface area contributed by atoms with Gasteiger partial charge in [-0.3, -0.25) is 0 Å². The molecule has 0 spiro atoms. The Kier molecular flexibility index (Phi) is 4.89.